The Kier molecular flexibility index (Phi) is 5.53. The van der Waals surface area contributed by atoms with Gasteiger partial charge in [-0.1, -0.05) is 31.8 Å². The average molecular weight is 295 g/mol. The lowest BCUT2D eigenvalue weighted by atomic mass is 9.84. The van der Waals surface area contributed by atoms with Crippen LogP contribution in [-0.4, -0.2) is 23.6 Å². The summed E-state index contributed by atoms with van der Waals surface area (Å²) in [6, 6.07) is 0.664. The van der Waals surface area contributed by atoms with E-state index in [1.807, 2.05) is 13.8 Å². The largest absolute Gasteiger partial charge is 0.409 e. The SMILES string of the molecule is CC(NCCCCC(C)(C)C(N)=NO)C1CC2CCC1C2. The van der Waals surface area contributed by atoms with Crippen LogP contribution in [0, 0.1) is 23.2 Å². The molecule has 0 amide bonds. The Balaban J connectivity index is 1.60. The highest BCUT2D eigenvalue weighted by atomic mass is 16.4. The van der Waals surface area contributed by atoms with Crippen LogP contribution in [0.25, 0.3) is 0 Å². The van der Waals surface area contributed by atoms with Crippen LogP contribution in [0.2, 0.25) is 0 Å². The summed E-state index contributed by atoms with van der Waals surface area (Å²) >= 11 is 0. The topological polar surface area (TPSA) is 70.6 Å². The van der Waals surface area contributed by atoms with Crippen molar-refractivity contribution in [2.75, 3.05) is 6.54 Å². The predicted octanol–water partition coefficient (Wildman–Crippen LogP) is 3.34. The van der Waals surface area contributed by atoms with Crippen molar-refractivity contribution in [2.45, 2.75) is 71.8 Å². The summed E-state index contributed by atoms with van der Waals surface area (Å²) < 4.78 is 0. The van der Waals surface area contributed by atoms with Crippen molar-refractivity contribution in [1.82, 2.24) is 5.32 Å². The van der Waals surface area contributed by atoms with E-state index >= 15 is 0 Å². The second-order valence-electron chi connectivity index (χ2n) is 7.91. The van der Waals surface area contributed by atoms with Crippen molar-refractivity contribution in [3.8, 4) is 0 Å². The fourth-order valence-corrected chi connectivity index (χ4v) is 4.34. The summed E-state index contributed by atoms with van der Waals surface area (Å²) in [5.41, 5.74) is 5.51. The van der Waals surface area contributed by atoms with Crippen LogP contribution in [0.15, 0.2) is 5.16 Å². The normalized spacial score (nSPS) is 30.8. The van der Waals surface area contributed by atoms with Crippen molar-refractivity contribution in [2.24, 2.45) is 34.1 Å². The molecule has 4 atom stereocenters. The quantitative estimate of drug-likeness (QED) is 0.211. The van der Waals surface area contributed by atoms with Crippen molar-refractivity contribution in [3.05, 3.63) is 0 Å². The summed E-state index contributed by atoms with van der Waals surface area (Å²) in [5, 5.41) is 15.6. The number of nitrogens with zero attached hydrogens (tertiary/aromatic N) is 1. The number of hydrogen-bond acceptors (Lipinski definition) is 3. The maximum absolute atomic E-state index is 8.77. The smallest absolute Gasteiger partial charge is 0.144 e. The molecule has 0 aromatic rings. The summed E-state index contributed by atoms with van der Waals surface area (Å²) in [4.78, 5) is 0. The van der Waals surface area contributed by atoms with Gasteiger partial charge in [0.2, 0.25) is 0 Å². The molecule has 0 aromatic carbocycles. The second-order valence-corrected chi connectivity index (χ2v) is 7.91. The highest BCUT2D eigenvalue weighted by Gasteiger charge is 2.41. The molecule has 0 radical (unpaired) electrons. The zero-order valence-electron chi connectivity index (χ0n) is 13.9. The summed E-state index contributed by atoms with van der Waals surface area (Å²) in [6.45, 7) is 7.52. The third-order valence-electron chi connectivity index (χ3n) is 5.93. The highest BCUT2D eigenvalue weighted by molar-refractivity contribution is 5.85. The maximum atomic E-state index is 8.77. The zero-order chi connectivity index (χ0) is 15.5. The number of fused-ring (bicyclic) bond motifs is 2. The lowest BCUT2D eigenvalue weighted by Crippen LogP contribution is -2.37. The number of oxime groups is 1. The minimum absolute atomic E-state index is 0.203. The van der Waals surface area contributed by atoms with Crippen LogP contribution >= 0.6 is 0 Å². The Morgan fingerprint density at radius 1 is 1.33 bits per heavy atom. The minimum Gasteiger partial charge on any atom is -0.409 e. The highest BCUT2D eigenvalue weighted by Crippen LogP contribution is 2.49. The number of amidine groups is 1. The Morgan fingerprint density at radius 3 is 2.67 bits per heavy atom. The molecule has 0 spiro atoms. The number of unbranched alkanes of at least 4 members (excludes halogenated alkanes) is 1. The van der Waals surface area contributed by atoms with E-state index in [-0.39, 0.29) is 5.41 Å². The molecule has 4 heteroatoms. The second kappa shape index (κ2) is 6.99. The molecule has 4 nitrogen and oxygen atoms in total. The van der Waals surface area contributed by atoms with E-state index in [0.29, 0.717) is 11.9 Å². The van der Waals surface area contributed by atoms with Gasteiger partial charge < -0.3 is 16.3 Å². The van der Waals surface area contributed by atoms with Crippen LogP contribution in [0.5, 0.6) is 0 Å². The standard InChI is InChI=1S/C17H33N3O/c1-12(15-11-13-6-7-14(15)10-13)19-9-5-4-8-17(2,3)16(18)20-21/h12-15,19,21H,4-11H2,1-3H3,(H2,18,20). The van der Waals surface area contributed by atoms with Gasteiger partial charge in [0.25, 0.3) is 0 Å². The molecule has 21 heavy (non-hydrogen) atoms. The molecule has 0 saturated heterocycles. The number of rotatable bonds is 8. The molecule has 2 saturated carbocycles. The van der Waals surface area contributed by atoms with Crippen molar-refractivity contribution in [1.29, 1.82) is 0 Å². The fourth-order valence-electron chi connectivity index (χ4n) is 4.34. The van der Waals surface area contributed by atoms with Crippen LogP contribution in [0.4, 0.5) is 0 Å². The van der Waals surface area contributed by atoms with Gasteiger partial charge in [-0.15, -0.1) is 0 Å². The van der Waals surface area contributed by atoms with Gasteiger partial charge in [0.15, 0.2) is 0 Å². The molecule has 0 aromatic heterocycles. The average Bonchev–Trinajstić information content (AvgIpc) is 3.08. The summed E-state index contributed by atoms with van der Waals surface area (Å²) in [7, 11) is 0. The molecule has 2 fully saturated rings. The van der Waals surface area contributed by atoms with E-state index in [9.17, 15) is 0 Å². The van der Waals surface area contributed by atoms with Gasteiger partial charge >= 0.3 is 0 Å². The van der Waals surface area contributed by atoms with Gasteiger partial charge in [-0.25, -0.2) is 0 Å². The fraction of sp³-hybridized carbons (Fsp3) is 0.941. The minimum atomic E-state index is -0.203. The number of nitrogens with two attached hydrogens (primary N) is 1. The number of hydrogen-bond donors (Lipinski definition) is 3. The zero-order valence-corrected chi connectivity index (χ0v) is 13.9. The molecule has 4 N–H and O–H groups in total. The molecule has 122 valence electrons. The lowest BCUT2D eigenvalue weighted by Gasteiger charge is -2.29. The lowest BCUT2D eigenvalue weighted by molar-refractivity contribution is 0.259. The van der Waals surface area contributed by atoms with Gasteiger partial charge in [0.1, 0.15) is 5.84 Å². The molecule has 2 aliphatic rings. The van der Waals surface area contributed by atoms with E-state index < -0.39 is 0 Å². The molecule has 0 heterocycles. The third kappa shape index (κ3) is 4.12. The van der Waals surface area contributed by atoms with Crippen molar-refractivity contribution in [3.63, 3.8) is 0 Å². The summed E-state index contributed by atoms with van der Waals surface area (Å²) in [6.07, 6.45) is 9.13. The Bertz CT molecular complexity index is 367. The van der Waals surface area contributed by atoms with E-state index in [2.05, 4.69) is 17.4 Å². The van der Waals surface area contributed by atoms with Crippen molar-refractivity contribution < 1.29 is 5.21 Å². The first-order valence-corrected chi connectivity index (χ1v) is 8.65. The molecular weight excluding hydrogens is 262 g/mol. The van der Waals surface area contributed by atoms with Gasteiger partial charge in [-0.3, -0.25) is 0 Å². The van der Waals surface area contributed by atoms with E-state index in [0.717, 1.165) is 43.6 Å². The van der Waals surface area contributed by atoms with Crippen LogP contribution in [0.1, 0.15) is 65.7 Å². The van der Waals surface area contributed by atoms with E-state index in [1.165, 1.54) is 25.7 Å². The van der Waals surface area contributed by atoms with Crippen LogP contribution in [-0.2, 0) is 0 Å². The molecular formula is C17H33N3O. The summed E-state index contributed by atoms with van der Waals surface area (Å²) in [5.74, 6) is 3.28. The Hall–Kier alpha value is -0.770. The third-order valence-corrected chi connectivity index (χ3v) is 5.93. The molecule has 0 aliphatic heterocycles. The first kappa shape index (κ1) is 16.6. The van der Waals surface area contributed by atoms with Crippen LogP contribution in [0.3, 0.4) is 0 Å². The van der Waals surface area contributed by atoms with Gasteiger partial charge in [0.05, 0.1) is 0 Å². The van der Waals surface area contributed by atoms with Gasteiger partial charge in [0, 0.05) is 11.5 Å². The Labute approximate surface area is 129 Å². The molecule has 4 unspecified atom stereocenters. The first-order chi connectivity index (χ1) is 9.94. The Morgan fingerprint density at radius 2 is 2.10 bits per heavy atom. The maximum Gasteiger partial charge on any atom is 0.144 e. The first-order valence-electron chi connectivity index (χ1n) is 8.65. The molecule has 2 rings (SSSR count). The number of nitrogens with one attached hydrogen (secondary N) is 1. The van der Waals surface area contributed by atoms with Crippen molar-refractivity contribution >= 4 is 5.84 Å². The van der Waals surface area contributed by atoms with E-state index in [1.54, 1.807) is 0 Å². The predicted molar refractivity (Wildman–Crippen MR) is 87.4 cm³/mol. The molecule has 2 aliphatic carbocycles. The van der Waals surface area contributed by atoms with Gasteiger partial charge in [-0.05, 0) is 63.3 Å². The molecule has 2 bridgehead atoms. The monoisotopic (exact) mass is 295 g/mol. The van der Waals surface area contributed by atoms with Gasteiger partial charge in [-0.2, -0.15) is 0 Å². The van der Waals surface area contributed by atoms with E-state index in [4.69, 9.17) is 10.9 Å². The van der Waals surface area contributed by atoms with Crippen LogP contribution < -0.4 is 11.1 Å².